The van der Waals surface area contributed by atoms with Gasteiger partial charge >= 0.3 is 0 Å². The second-order valence-electron chi connectivity index (χ2n) is 7.48. The predicted octanol–water partition coefficient (Wildman–Crippen LogP) is 4.49. The first kappa shape index (κ1) is 18.5. The molecule has 0 radical (unpaired) electrons. The second kappa shape index (κ2) is 8.01. The molecule has 28 heavy (non-hydrogen) atoms. The molecule has 0 bridgehead atoms. The van der Waals surface area contributed by atoms with Gasteiger partial charge in [-0.15, -0.1) is 0 Å². The van der Waals surface area contributed by atoms with Gasteiger partial charge in [0.1, 0.15) is 0 Å². The van der Waals surface area contributed by atoms with Gasteiger partial charge < -0.3 is 4.90 Å². The number of hydrogen-bond donors (Lipinski definition) is 0. The quantitative estimate of drug-likeness (QED) is 0.576. The van der Waals surface area contributed by atoms with Gasteiger partial charge in [-0.2, -0.15) is 5.10 Å². The van der Waals surface area contributed by atoms with E-state index in [1.165, 1.54) is 55.6 Å². The molecule has 0 aromatic heterocycles. The van der Waals surface area contributed by atoms with E-state index in [0.717, 1.165) is 22.5 Å². The predicted molar refractivity (Wildman–Crippen MR) is 121 cm³/mol. The first-order valence-electron chi connectivity index (χ1n) is 10.1. The third-order valence-corrected chi connectivity index (χ3v) is 5.74. The van der Waals surface area contributed by atoms with Gasteiger partial charge in [0.15, 0.2) is 0 Å². The number of rotatable bonds is 4. The summed E-state index contributed by atoms with van der Waals surface area (Å²) >= 11 is 0. The lowest BCUT2D eigenvalue weighted by Gasteiger charge is -2.37. The standard InChI is InChI=1S/C24H28N4/c1-4-18(22-11-5-6-12-23(22)25-2)17-26-27(3)21-15-19-9-7-13-28-14-8-10-20(16-21)24(19)28/h4-6,11-12,15-17H,1,7-10,13-14H2,2-3H3/b22-18+,25-23?,26-17+. The highest BCUT2D eigenvalue weighted by molar-refractivity contribution is 6.15. The zero-order valence-corrected chi connectivity index (χ0v) is 16.9. The summed E-state index contributed by atoms with van der Waals surface area (Å²) in [5.41, 5.74) is 8.57. The molecule has 0 fully saturated rings. The van der Waals surface area contributed by atoms with E-state index in [-0.39, 0.29) is 0 Å². The highest BCUT2D eigenvalue weighted by Crippen LogP contribution is 2.38. The topological polar surface area (TPSA) is 31.2 Å². The number of aliphatic imine (C=N–C) groups is 1. The van der Waals surface area contributed by atoms with Gasteiger partial charge in [-0.3, -0.25) is 10.0 Å². The lowest BCUT2D eigenvalue weighted by molar-refractivity contribution is 0.634. The highest BCUT2D eigenvalue weighted by atomic mass is 15.4. The van der Waals surface area contributed by atoms with Crippen LogP contribution in [0.25, 0.3) is 0 Å². The van der Waals surface area contributed by atoms with Gasteiger partial charge in [0, 0.05) is 44.0 Å². The minimum atomic E-state index is 0.949. The maximum absolute atomic E-state index is 4.72. The summed E-state index contributed by atoms with van der Waals surface area (Å²) in [6.45, 7) is 6.37. The minimum absolute atomic E-state index is 0.949. The SMILES string of the molecule is C=CC(/C=N/N(C)c1cc2c3c(c1)CCCN3CCC2)=C1/C=CC=CC1=NC. The van der Waals surface area contributed by atoms with Crippen molar-refractivity contribution in [3.8, 4) is 0 Å². The maximum atomic E-state index is 4.72. The molecule has 1 aliphatic carbocycles. The van der Waals surface area contributed by atoms with Crippen LogP contribution in [0, 0.1) is 0 Å². The molecule has 2 aliphatic heterocycles. The van der Waals surface area contributed by atoms with E-state index in [9.17, 15) is 0 Å². The van der Waals surface area contributed by atoms with Crippen LogP contribution in [-0.4, -0.2) is 39.1 Å². The molecule has 2 heterocycles. The molecule has 0 N–H and O–H groups in total. The maximum Gasteiger partial charge on any atom is 0.0649 e. The van der Waals surface area contributed by atoms with Crippen LogP contribution in [0.1, 0.15) is 24.0 Å². The van der Waals surface area contributed by atoms with E-state index in [2.05, 4.69) is 34.7 Å². The second-order valence-corrected chi connectivity index (χ2v) is 7.48. The molecule has 0 amide bonds. The first-order valence-corrected chi connectivity index (χ1v) is 10.1. The fourth-order valence-corrected chi connectivity index (χ4v) is 4.33. The van der Waals surface area contributed by atoms with Crippen molar-refractivity contribution in [3.05, 3.63) is 71.4 Å². The summed E-state index contributed by atoms with van der Waals surface area (Å²) < 4.78 is 0. The Labute approximate surface area is 168 Å². The van der Waals surface area contributed by atoms with Gasteiger partial charge in [0.2, 0.25) is 0 Å². The summed E-state index contributed by atoms with van der Waals surface area (Å²) in [6, 6.07) is 4.63. The van der Waals surface area contributed by atoms with Gasteiger partial charge in [-0.1, -0.05) is 30.9 Å². The monoisotopic (exact) mass is 372 g/mol. The number of benzene rings is 1. The van der Waals surface area contributed by atoms with Crippen LogP contribution in [0.2, 0.25) is 0 Å². The Balaban J connectivity index is 1.63. The lowest BCUT2D eigenvalue weighted by atomic mass is 9.91. The van der Waals surface area contributed by atoms with Gasteiger partial charge in [0.25, 0.3) is 0 Å². The Morgan fingerprint density at radius 3 is 2.43 bits per heavy atom. The van der Waals surface area contributed by atoms with Crippen LogP contribution in [0.5, 0.6) is 0 Å². The van der Waals surface area contributed by atoms with Crippen LogP contribution in [0.15, 0.2) is 70.3 Å². The Kier molecular flexibility index (Phi) is 5.29. The number of hydrazone groups is 1. The molecular formula is C24H28N4. The summed E-state index contributed by atoms with van der Waals surface area (Å²) in [5.74, 6) is 0. The van der Waals surface area contributed by atoms with Crippen molar-refractivity contribution in [3.63, 3.8) is 0 Å². The van der Waals surface area contributed by atoms with E-state index in [1.807, 2.05) is 49.6 Å². The highest BCUT2D eigenvalue weighted by Gasteiger charge is 2.24. The Morgan fingerprint density at radius 2 is 1.79 bits per heavy atom. The fourth-order valence-electron chi connectivity index (χ4n) is 4.33. The zero-order chi connectivity index (χ0) is 19.5. The number of allylic oxidation sites excluding steroid dienone is 7. The van der Waals surface area contributed by atoms with Crippen LogP contribution in [-0.2, 0) is 12.8 Å². The van der Waals surface area contributed by atoms with Crippen molar-refractivity contribution >= 4 is 23.3 Å². The molecule has 0 atom stereocenters. The fraction of sp³-hybridized carbons (Fsp3) is 0.333. The van der Waals surface area contributed by atoms with Gasteiger partial charge in [-0.25, -0.2) is 0 Å². The Hall–Kier alpha value is -2.88. The third-order valence-electron chi connectivity index (χ3n) is 5.74. The molecule has 4 rings (SSSR count). The molecule has 144 valence electrons. The average Bonchev–Trinajstić information content (AvgIpc) is 2.74. The Bertz CT molecular complexity index is 899. The van der Waals surface area contributed by atoms with E-state index >= 15 is 0 Å². The average molecular weight is 373 g/mol. The molecule has 4 heteroatoms. The van der Waals surface area contributed by atoms with Gasteiger partial charge in [-0.05, 0) is 55.0 Å². The smallest absolute Gasteiger partial charge is 0.0649 e. The first-order chi connectivity index (χ1) is 13.7. The van der Waals surface area contributed by atoms with Crippen LogP contribution >= 0.6 is 0 Å². The minimum Gasteiger partial charge on any atom is -0.371 e. The largest absolute Gasteiger partial charge is 0.371 e. The summed E-state index contributed by atoms with van der Waals surface area (Å²) in [6.07, 6.45) is 16.6. The van der Waals surface area contributed by atoms with Crippen molar-refractivity contribution < 1.29 is 0 Å². The van der Waals surface area contributed by atoms with Crippen LogP contribution in [0.4, 0.5) is 11.4 Å². The van der Waals surface area contributed by atoms with Crippen molar-refractivity contribution in [2.75, 3.05) is 37.1 Å². The molecule has 1 aromatic rings. The summed E-state index contributed by atoms with van der Waals surface area (Å²) in [5, 5.41) is 6.70. The van der Waals surface area contributed by atoms with Gasteiger partial charge in [0.05, 0.1) is 17.6 Å². The number of anilines is 2. The Morgan fingerprint density at radius 1 is 1.11 bits per heavy atom. The van der Waals surface area contributed by atoms with Crippen molar-refractivity contribution in [1.82, 2.24) is 0 Å². The number of aryl methyl sites for hydroxylation is 2. The summed E-state index contributed by atoms with van der Waals surface area (Å²) in [7, 11) is 3.83. The third kappa shape index (κ3) is 3.47. The normalized spacial score (nSPS) is 21.2. The van der Waals surface area contributed by atoms with Crippen molar-refractivity contribution in [2.24, 2.45) is 10.1 Å². The molecular weight excluding hydrogens is 344 g/mol. The molecule has 1 aromatic carbocycles. The number of nitrogens with zero attached hydrogens (tertiary/aromatic N) is 4. The molecule has 0 unspecified atom stereocenters. The molecule has 0 saturated carbocycles. The van der Waals surface area contributed by atoms with Crippen molar-refractivity contribution in [1.29, 1.82) is 0 Å². The van der Waals surface area contributed by atoms with Crippen molar-refractivity contribution in [2.45, 2.75) is 25.7 Å². The van der Waals surface area contributed by atoms with Crippen LogP contribution in [0.3, 0.4) is 0 Å². The number of hydrogen-bond acceptors (Lipinski definition) is 4. The summed E-state index contributed by atoms with van der Waals surface area (Å²) in [4.78, 5) is 6.93. The molecule has 0 saturated heterocycles. The molecule has 0 spiro atoms. The van der Waals surface area contributed by atoms with Crippen LogP contribution < -0.4 is 9.91 Å². The zero-order valence-electron chi connectivity index (χ0n) is 16.9. The molecule has 3 aliphatic rings. The van der Waals surface area contributed by atoms with E-state index in [1.54, 1.807) is 0 Å². The van der Waals surface area contributed by atoms with E-state index in [4.69, 9.17) is 5.10 Å². The van der Waals surface area contributed by atoms with E-state index in [0.29, 0.717) is 0 Å². The lowest BCUT2D eigenvalue weighted by Crippen LogP contribution is -2.34. The van der Waals surface area contributed by atoms with E-state index < -0.39 is 0 Å². The molecule has 4 nitrogen and oxygen atoms in total.